The maximum atomic E-state index is 12.2. The van der Waals surface area contributed by atoms with Crippen LogP contribution in [0.5, 0.6) is 11.6 Å². The molecule has 0 atom stereocenters. The molecular formula is C17H16F3N5O3S. The van der Waals surface area contributed by atoms with Crippen LogP contribution in [0, 0.1) is 6.92 Å². The molecule has 2 heterocycles. The number of alkyl halides is 3. The first-order valence-electron chi connectivity index (χ1n) is 8.30. The molecule has 12 heteroatoms. The Hall–Kier alpha value is -3.15. The van der Waals surface area contributed by atoms with Crippen LogP contribution in [0.15, 0.2) is 48.8 Å². The predicted molar refractivity (Wildman–Crippen MR) is 98.5 cm³/mol. The average Bonchev–Trinajstić information content (AvgIpc) is 3.08. The fourth-order valence-electron chi connectivity index (χ4n) is 2.31. The molecule has 0 unspecified atom stereocenters. The number of anilines is 1. The number of nitrogens with one attached hydrogen (secondary N) is 1. The number of imidazole rings is 1. The molecule has 8 nitrogen and oxygen atoms in total. The average molecular weight is 427 g/mol. The highest BCUT2D eigenvalue weighted by Crippen LogP contribution is 2.24. The van der Waals surface area contributed by atoms with Gasteiger partial charge in [-0.05, 0) is 37.3 Å². The number of nitrogens with zero attached hydrogens (tertiary/aromatic N) is 4. The Morgan fingerprint density at radius 2 is 1.83 bits per heavy atom. The van der Waals surface area contributed by atoms with Gasteiger partial charge in [-0.1, -0.05) is 0 Å². The Kier molecular flexibility index (Phi) is 5.73. The van der Waals surface area contributed by atoms with Crippen molar-refractivity contribution >= 4 is 15.7 Å². The maximum Gasteiger partial charge on any atom is 0.390 e. The Labute approximate surface area is 164 Å². The van der Waals surface area contributed by atoms with Crippen molar-refractivity contribution in [2.24, 2.45) is 0 Å². The third-order valence-electron chi connectivity index (χ3n) is 3.70. The van der Waals surface area contributed by atoms with Crippen molar-refractivity contribution in [3.63, 3.8) is 0 Å². The van der Waals surface area contributed by atoms with Crippen molar-refractivity contribution in [1.29, 1.82) is 0 Å². The lowest BCUT2D eigenvalue weighted by Crippen LogP contribution is -2.21. The second kappa shape index (κ2) is 8.07. The number of rotatable bonds is 7. The summed E-state index contributed by atoms with van der Waals surface area (Å²) in [6, 6.07) is 8.96. The van der Waals surface area contributed by atoms with Gasteiger partial charge in [0.1, 0.15) is 11.6 Å². The van der Waals surface area contributed by atoms with E-state index in [1.807, 2.05) is 6.92 Å². The summed E-state index contributed by atoms with van der Waals surface area (Å²) in [6.07, 6.45) is -2.58. The maximum absolute atomic E-state index is 12.2. The summed E-state index contributed by atoms with van der Waals surface area (Å²) < 4.78 is 69.3. The van der Waals surface area contributed by atoms with Crippen LogP contribution in [0.2, 0.25) is 0 Å². The van der Waals surface area contributed by atoms with Crippen LogP contribution in [-0.2, 0) is 10.0 Å². The lowest BCUT2D eigenvalue weighted by molar-refractivity contribution is -0.129. The Morgan fingerprint density at radius 1 is 1.10 bits per heavy atom. The molecule has 0 aliphatic heterocycles. The number of halogens is 3. The lowest BCUT2D eigenvalue weighted by Gasteiger charge is -2.10. The predicted octanol–water partition coefficient (Wildman–Crippen LogP) is 3.46. The minimum absolute atomic E-state index is 0.122. The number of hydrogen-bond donors (Lipinski definition) is 1. The molecule has 0 bridgehead atoms. The molecule has 29 heavy (non-hydrogen) atoms. The Morgan fingerprint density at radius 3 is 2.38 bits per heavy atom. The Bertz CT molecular complexity index is 1060. The molecule has 0 spiro atoms. The van der Waals surface area contributed by atoms with Gasteiger partial charge in [-0.25, -0.2) is 13.4 Å². The SMILES string of the molecule is Cc1nccn1-c1ccc(Oc2ccc(NS(=O)(=O)CCC(F)(F)F)cc2)nn1. The van der Waals surface area contributed by atoms with Gasteiger partial charge in [0.2, 0.25) is 15.9 Å². The van der Waals surface area contributed by atoms with Crippen LogP contribution < -0.4 is 9.46 Å². The van der Waals surface area contributed by atoms with Crippen LogP contribution in [0.25, 0.3) is 5.82 Å². The van der Waals surface area contributed by atoms with Crippen LogP contribution in [-0.4, -0.2) is 40.1 Å². The summed E-state index contributed by atoms with van der Waals surface area (Å²) in [6.45, 7) is 1.82. The van der Waals surface area contributed by atoms with Gasteiger partial charge in [-0.2, -0.15) is 13.2 Å². The number of benzene rings is 1. The summed E-state index contributed by atoms with van der Waals surface area (Å²) in [5.74, 6) is 0.832. The van der Waals surface area contributed by atoms with Crippen LogP contribution in [0.1, 0.15) is 12.2 Å². The van der Waals surface area contributed by atoms with Crippen molar-refractivity contribution in [2.45, 2.75) is 19.5 Å². The lowest BCUT2D eigenvalue weighted by atomic mass is 10.3. The molecule has 0 aliphatic rings. The first kappa shape index (κ1) is 20.6. The van der Waals surface area contributed by atoms with Gasteiger partial charge >= 0.3 is 6.18 Å². The van der Waals surface area contributed by atoms with Crippen LogP contribution in [0.4, 0.5) is 18.9 Å². The first-order valence-corrected chi connectivity index (χ1v) is 9.96. The van der Waals surface area contributed by atoms with Gasteiger partial charge in [0, 0.05) is 24.1 Å². The fraction of sp³-hybridized carbons (Fsp3) is 0.235. The molecule has 0 saturated heterocycles. The monoisotopic (exact) mass is 427 g/mol. The van der Waals surface area contributed by atoms with Gasteiger partial charge in [0.15, 0.2) is 5.82 Å². The third kappa shape index (κ3) is 5.91. The van der Waals surface area contributed by atoms with E-state index >= 15 is 0 Å². The van der Waals surface area contributed by atoms with Crippen LogP contribution in [0.3, 0.4) is 0 Å². The van der Waals surface area contributed by atoms with Crippen molar-refractivity contribution in [3.8, 4) is 17.4 Å². The molecule has 0 radical (unpaired) electrons. The molecule has 1 N–H and O–H groups in total. The molecule has 0 fully saturated rings. The molecule has 3 aromatic rings. The number of aromatic nitrogens is 4. The summed E-state index contributed by atoms with van der Waals surface area (Å²) in [7, 11) is -4.11. The van der Waals surface area contributed by atoms with Gasteiger partial charge in [0.25, 0.3) is 0 Å². The zero-order valence-electron chi connectivity index (χ0n) is 15.1. The number of ether oxygens (including phenoxy) is 1. The van der Waals surface area contributed by atoms with Crippen molar-refractivity contribution in [3.05, 3.63) is 54.6 Å². The van der Waals surface area contributed by atoms with Crippen LogP contribution >= 0.6 is 0 Å². The number of hydrogen-bond acceptors (Lipinski definition) is 6. The molecule has 0 aliphatic carbocycles. The van der Waals surface area contributed by atoms with Crippen molar-refractivity contribution in [2.75, 3.05) is 10.5 Å². The zero-order chi connectivity index (χ0) is 21.1. The topological polar surface area (TPSA) is 99.0 Å². The quantitative estimate of drug-likeness (QED) is 0.620. The van der Waals surface area contributed by atoms with E-state index in [4.69, 9.17) is 4.74 Å². The van der Waals surface area contributed by atoms with Gasteiger partial charge < -0.3 is 4.74 Å². The van der Waals surface area contributed by atoms with E-state index in [0.717, 1.165) is 5.82 Å². The normalized spacial score (nSPS) is 12.0. The molecule has 0 amide bonds. The molecule has 1 aromatic carbocycles. The standard InChI is InChI=1S/C17H16F3N5O3S/c1-12-21-9-10-25(12)15-6-7-16(23-22-15)28-14-4-2-13(3-5-14)24-29(26,27)11-8-17(18,19)20/h2-7,9-10,24H,8,11H2,1H3. The second-order valence-electron chi connectivity index (χ2n) is 5.99. The number of sulfonamides is 1. The van der Waals surface area contributed by atoms with E-state index in [9.17, 15) is 21.6 Å². The van der Waals surface area contributed by atoms with E-state index in [2.05, 4.69) is 19.9 Å². The molecule has 154 valence electrons. The molecular weight excluding hydrogens is 411 g/mol. The first-order chi connectivity index (χ1) is 13.6. The highest BCUT2D eigenvalue weighted by molar-refractivity contribution is 7.92. The van der Waals surface area contributed by atoms with Gasteiger partial charge in [-0.3, -0.25) is 9.29 Å². The van der Waals surface area contributed by atoms with Gasteiger partial charge in [-0.15, -0.1) is 10.2 Å². The van der Waals surface area contributed by atoms with E-state index in [1.165, 1.54) is 24.3 Å². The summed E-state index contributed by atoms with van der Waals surface area (Å²) in [5.41, 5.74) is 0.122. The minimum atomic E-state index is -4.54. The van der Waals surface area contributed by atoms with E-state index < -0.39 is 28.4 Å². The summed E-state index contributed by atoms with van der Waals surface area (Å²) in [4.78, 5) is 4.10. The minimum Gasteiger partial charge on any atom is -0.438 e. The number of aryl methyl sites for hydroxylation is 1. The third-order valence-corrected chi connectivity index (χ3v) is 4.99. The van der Waals surface area contributed by atoms with Crippen molar-refractivity contribution in [1.82, 2.24) is 19.7 Å². The largest absolute Gasteiger partial charge is 0.438 e. The molecule has 0 saturated carbocycles. The Balaban J connectivity index is 1.61. The van der Waals surface area contributed by atoms with E-state index in [-0.39, 0.29) is 11.6 Å². The second-order valence-corrected chi connectivity index (χ2v) is 7.83. The zero-order valence-corrected chi connectivity index (χ0v) is 15.9. The highest BCUT2D eigenvalue weighted by atomic mass is 32.2. The van der Waals surface area contributed by atoms with Gasteiger partial charge in [0.05, 0.1) is 12.2 Å². The molecule has 2 aromatic heterocycles. The van der Waals surface area contributed by atoms with E-state index in [1.54, 1.807) is 29.1 Å². The summed E-state index contributed by atoms with van der Waals surface area (Å²) in [5, 5.41) is 8.01. The summed E-state index contributed by atoms with van der Waals surface area (Å²) >= 11 is 0. The fourth-order valence-corrected chi connectivity index (χ4v) is 3.41. The van der Waals surface area contributed by atoms with Crippen molar-refractivity contribution < 1.29 is 26.3 Å². The molecule has 3 rings (SSSR count). The highest BCUT2D eigenvalue weighted by Gasteiger charge is 2.29. The van der Waals surface area contributed by atoms with E-state index in [0.29, 0.717) is 11.6 Å². The smallest absolute Gasteiger partial charge is 0.390 e.